The molecular weight excluding hydrogens is 174 g/mol. The van der Waals surface area contributed by atoms with Crippen LogP contribution in [0, 0.1) is 0 Å². The van der Waals surface area contributed by atoms with E-state index in [0.29, 0.717) is 18.8 Å². The van der Waals surface area contributed by atoms with Crippen molar-refractivity contribution in [1.29, 1.82) is 0 Å². The highest BCUT2D eigenvalue weighted by atomic mass is 16.4. The molecule has 6 heteroatoms. The molecule has 13 heavy (non-hydrogen) atoms. The van der Waals surface area contributed by atoms with E-state index in [1.807, 2.05) is 0 Å². The summed E-state index contributed by atoms with van der Waals surface area (Å²) in [5.74, 6) is -0.450. The molecular formula is C7H11N3O3. The van der Waals surface area contributed by atoms with Crippen LogP contribution in [0.25, 0.3) is 0 Å². The summed E-state index contributed by atoms with van der Waals surface area (Å²) in [5, 5.41) is 8.51. The second kappa shape index (κ2) is 3.88. The molecule has 0 atom stereocenters. The molecule has 0 radical (unpaired) electrons. The number of urea groups is 1. The van der Waals surface area contributed by atoms with Crippen molar-refractivity contribution in [3.8, 4) is 0 Å². The van der Waals surface area contributed by atoms with E-state index in [1.54, 1.807) is 4.90 Å². The van der Waals surface area contributed by atoms with E-state index >= 15 is 0 Å². The molecule has 0 aromatic heterocycles. The fraction of sp³-hybridized carbons (Fsp3) is 0.571. The Morgan fingerprint density at radius 3 is 2.85 bits per heavy atom. The first-order valence-corrected chi connectivity index (χ1v) is 3.93. The fourth-order valence-corrected chi connectivity index (χ4v) is 1.30. The summed E-state index contributed by atoms with van der Waals surface area (Å²) in [4.78, 5) is 25.9. The fourth-order valence-electron chi connectivity index (χ4n) is 1.30. The third-order valence-electron chi connectivity index (χ3n) is 1.76. The minimum atomic E-state index is -0.931. The Morgan fingerprint density at radius 1 is 1.62 bits per heavy atom. The number of carbonyl (C=O) groups is 2. The van der Waals surface area contributed by atoms with Crippen LogP contribution in [0.5, 0.6) is 0 Å². The maximum atomic E-state index is 10.4. The second-order valence-electron chi connectivity index (χ2n) is 2.79. The lowest BCUT2D eigenvalue weighted by Gasteiger charge is -2.14. The topological polar surface area (TPSA) is 96.0 Å². The van der Waals surface area contributed by atoms with E-state index in [0.717, 1.165) is 6.42 Å². The molecule has 1 aliphatic rings. The standard InChI is InChI=1S/C7H11N3O3/c8-7(13)9-5-2-1-3-10(5)4-6(11)12/h1-4H2,(H2,8,13)(H,11,12). The molecule has 1 fully saturated rings. The molecule has 1 saturated heterocycles. The lowest BCUT2D eigenvalue weighted by Crippen LogP contribution is -2.31. The van der Waals surface area contributed by atoms with E-state index in [4.69, 9.17) is 10.8 Å². The molecule has 3 N–H and O–H groups in total. The number of aliphatic carboxylic acids is 1. The Kier molecular flexibility index (Phi) is 2.84. The van der Waals surface area contributed by atoms with Crippen LogP contribution in [0.3, 0.4) is 0 Å². The van der Waals surface area contributed by atoms with E-state index in [1.165, 1.54) is 0 Å². The number of nitrogens with zero attached hydrogens (tertiary/aromatic N) is 2. The summed E-state index contributed by atoms with van der Waals surface area (Å²) in [6.07, 6.45) is 1.44. The first-order chi connectivity index (χ1) is 6.09. The van der Waals surface area contributed by atoms with Gasteiger partial charge in [-0.05, 0) is 6.42 Å². The molecule has 0 spiro atoms. The minimum Gasteiger partial charge on any atom is -0.480 e. The zero-order chi connectivity index (χ0) is 9.84. The van der Waals surface area contributed by atoms with Gasteiger partial charge in [-0.1, -0.05) is 0 Å². The van der Waals surface area contributed by atoms with Crippen molar-refractivity contribution >= 4 is 17.8 Å². The van der Waals surface area contributed by atoms with Crippen LogP contribution < -0.4 is 5.73 Å². The minimum absolute atomic E-state index is 0.119. The zero-order valence-electron chi connectivity index (χ0n) is 7.06. The SMILES string of the molecule is NC(=O)N=C1CCCN1CC(=O)O. The summed E-state index contributed by atoms with van der Waals surface area (Å²) < 4.78 is 0. The monoisotopic (exact) mass is 185 g/mol. The summed E-state index contributed by atoms with van der Waals surface area (Å²) in [7, 11) is 0. The highest BCUT2D eigenvalue weighted by Gasteiger charge is 2.20. The van der Waals surface area contributed by atoms with Crippen LogP contribution in [-0.2, 0) is 4.79 Å². The number of carbonyl (C=O) groups excluding carboxylic acids is 1. The van der Waals surface area contributed by atoms with Gasteiger partial charge in [0.15, 0.2) is 0 Å². The van der Waals surface area contributed by atoms with Gasteiger partial charge in [-0.3, -0.25) is 4.79 Å². The maximum absolute atomic E-state index is 10.4. The molecule has 6 nitrogen and oxygen atoms in total. The van der Waals surface area contributed by atoms with Crippen molar-refractivity contribution in [2.24, 2.45) is 10.7 Å². The molecule has 0 aromatic carbocycles. The van der Waals surface area contributed by atoms with Gasteiger partial charge in [-0.15, -0.1) is 0 Å². The van der Waals surface area contributed by atoms with E-state index in [9.17, 15) is 9.59 Å². The van der Waals surface area contributed by atoms with Gasteiger partial charge < -0.3 is 15.7 Å². The predicted octanol–water partition coefficient (Wildman–Crippen LogP) is -0.356. The first-order valence-electron chi connectivity index (χ1n) is 3.93. The van der Waals surface area contributed by atoms with Crippen molar-refractivity contribution in [2.75, 3.05) is 13.1 Å². The Morgan fingerprint density at radius 2 is 2.31 bits per heavy atom. The number of likely N-dealkylation sites (tertiary alicyclic amines) is 1. The largest absolute Gasteiger partial charge is 0.480 e. The number of hydrogen-bond acceptors (Lipinski definition) is 2. The van der Waals surface area contributed by atoms with Crippen LogP contribution in [-0.4, -0.2) is 40.9 Å². The highest BCUT2D eigenvalue weighted by Crippen LogP contribution is 2.10. The Balaban J connectivity index is 2.63. The number of carboxylic acid groups (broad SMARTS) is 1. The molecule has 1 rings (SSSR count). The van der Waals surface area contributed by atoms with E-state index < -0.39 is 12.0 Å². The second-order valence-corrected chi connectivity index (χ2v) is 2.79. The van der Waals surface area contributed by atoms with Crippen LogP contribution in [0.1, 0.15) is 12.8 Å². The normalized spacial score (nSPS) is 19.4. The van der Waals surface area contributed by atoms with E-state index in [-0.39, 0.29) is 6.54 Å². The number of primary amides is 1. The number of hydrogen-bond donors (Lipinski definition) is 2. The molecule has 0 unspecified atom stereocenters. The molecule has 0 saturated carbocycles. The maximum Gasteiger partial charge on any atom is 0.339 e. The van der Waals surface area contributed by atoms with E-state index in [2.05, 4.69) is 4.99 Å². The van der Waals surface area contributed by atoms with Crippen molar-refractivity contribution in [3.63, 3.8) is 0 Å². The predicted molar refractivity (Wildman–Crippen MR) is 45.5 cm³/mol. The molecule has 0 bridgehead atoms. The lowest BCUT2D eigenvalue weighted by molar-refractivity contribution is -0.137. The number of amidine groups is 1. The van der Waals surface area contributed by atoms with Gasteiger partial charge in [0, 0.05) is 13.0 Å². The molecule has 1 aliphatic heterocycles. The Labute approximate surface area is 75.0 Å². The summed E-state index contributed by atoms with van der Waals surface area (Å²) >= 11 is 0. The van der Waals surface area contributed by atoms with Crippen molar-refractivity contribution in [1.82, 2.24) is 4.90 Å². The molecule has 72 valence electrons. The lowest BCUT2D eigenvalue weighted by atomic mass is 10.4. The Bertz CT molecular complexity index is 262. The molecule has 2 amide bonds. The van der Waals surface area contributed by atoms with Crippen LogP contribution >= 0.6 is 0 Å². The average molecular weight is 185 g/mol. The first kappa shape index (κ1) is 9.50. The quantitative estimate of drug-likeness (QED) is 0.614. The van der Waals surface area contributed by atoms with Gasteiger partial charge in [-0.2, -0.15) is 4.99 Å². The summed E-state index contributed by atoms with van der Waals surface area (Å²) in [6.45, 7) is 0.504. The van der Waals surface area contributed by atoms with Gasteiger partial charge >= 0.3 is 12.0 Å². The van der Waals surface area contributed by atoms with Gasteiger partial charge in [-0.25, -0.2) is 4.79 Å². The smallest absolute Gasteiger partial charge is 0.339 e. The number of aliphatic imine (C=N–C) groups is 1. The van der Waals surface area contributed by atoms with Crippen LogP contribution in [0.2, 0.25) is 0 Å². The Hall–Kier alpha value is -1.59. The van der Waals surface area contributed by atoms with Crippen molar-refractivity contribution in [3.05, 3.63) is 0 Å². The molecule has 0 aliphatic carbocycles. The average Bonchev–Trinajstić information content (AvgIpc) is 2.34. The van der Waals surface area contributed by atoms with Crippen molar-refractivity contribution < 1.29 is 14.7 Å². The third kappa shape index (κ3) is 2.73. The molecule has 1 heterocycles. The van der Waals surface area contributed by atoms with Gasteiger partial charge in [0.1, 0.15) is 12.4 Å². The summed E-state index contributed by atoms with van der Waals surface area (Å²) in [5.41, 5.74) is 4.86. The number of amides is 2. The van der Waals surface area contributed by atoms with Gasteiger partial charge in [0.05, 0.1) is 0 Å². The van der Waals surface area contributed by atoms with Crippen molar-refractivity contribution in [2.45, 2.75) is 12.8 Å². The summed E-state index contributed by atoms with van der Waals surface area (Å²) in [6, 6.07) is -0.771. The highest BCUT2D eigenvalue weighted by molar-refractivity contribution is 5.95. The zero-order valence-corrected chi connectivity index (χ0v) is 7.06. The number of nitrogens with two attached hydrogens (primary N) is 1. The third-order valence-corrected chi connectivity index (χ3v) is 1.76. The number of carboxylic acids is 1. The van der Waals surface area contributed by atoms with Gasteiger partial charge in [0.2, 0.25) is 0 Å². The van der Waals surface area contributed by atoms with Crippen LogP contribution in [0.15, 0.2) is 4.99 Å². The van der Waals surface area contributed by atoms with Crippen LogP contribution in [0.4, 0.5) is 4.79 Å². The molecule has 0 aromatic rings. The van der Waals surface area contributed by atoms with Gasteiger partial charge in [0.25, 0.3) is 0 Å². The number of rotatable bonds is 2.